The van der Waals surface area contributed by atoms with E-state index >= 15 is 0 Å². The monoisotopic (exact) mass is 190 g/mol. The number of hydrogen-bond donors (Lipinski definition) is 1. The smallest absolute Gasteiger partial charge is 0.267 e. The first-order chi connectivity index (χ1) is 6.04. The molecule has 0 aliphatic carbocycles. The number of benzene rings is 1. The number of halogens is 3. The van der Waals surface area contributed by atoms with Crippen molar-refractivity contribution >= 4 is 0 Å². The number of alkyl halides is 2. The summed E-state index contributed by atoms with van der Waals surface area (Å²) >= 11 is 0. The fraction of sp³-hybridized carbons (Fsp3) is 0.333. The molecule has 0 heterocycles. The zero-order valence-electron chi connectivity index (χ0n) is 6.97. The van der Waals surface area contributed by atoms with E-state index in [1.807, 2.05) is 0 Å². The molecule has 4 heteroatoms. The van der Waals surface area contributed by atoms with Crippen LogP contribution in [0.25, 0.3) is 0 Å². The maximum atomic E-state index is 12.9. The van der Waals surface area contributed by atoms with Crippen molar-refractivity contribution in [3.05, 3.63) is 35.1 Å². The van der Waals surface area contributed by atoms with E-state index in [2.05, 4.69) is 0 Å². The Labute approximate surface area is 73.8 Å². The fourth-order valence-corrected chi connectivity index (χ4v) is 1.15. The molecule has 0 bridgehead atoms. The van der Waals surface area contributed by atoms with Gasteiger partial charge in [-0.1, -0.05) is 12.1 Å². The first kappa shape index (κ1) is 10.1. The van der Waals surface area contributed by atoms with Crippen LogP contribution in [-0.4, -0.2) is 5.11 Å². The predicted octanol–water partition coefficient (Wildman–Crippen LogP) is 2.82. The van der Waals surface area contributed by atoms with E-state index in [4.69, 9.17) is 5.11 Å². The van der Waals surface area contributed by atoms with Gasteiger partial charge < -0.3 is 5.11 Å². The summed E-state index contributed by atoms with van der Waals surface area (Å²) < 4.78 is 37.5. The molecule has 1 unspecified atom stereocenters. The summed E-state index contributed by atoms with van der Waals surface area (Å²) in [6.07, 6.45) is -3.98. The van der Waals surface area contributed by atoms with Crippen LogP contribution in [0, 0.1) is 5.82 Å². The lowest BCUT2D eigenvalue weighted by molar-refractivity contribution is 0.135. The molecule has 0 aromatic heterocycles. The van der Waals surface area contributed by atoms with E-state index < -0.39 is 23.9 Å². The molecule has 1 atom stereocenters. The molecule has 0 saturated heterocycles. The van der Waals surface area contributed by atoms with E-state index in [-0.39, 0.29) is 5.56 Å². The van der Waals surface area contributed by atoms with Crippen molar-refractivity contribution in [3.63, 3.8) is 0 Å². The van der Waals surface area contributed by atoms with Gasteiger partial charge in [0, 0.05) is 0 Å². The first-order valence-electron chi connectivity index (χ1n) is 3.78. The van der Waals surface area contributed by atoms with Gasteiger partial charge in [0.25, 0.3) is 6.43 Å². The van der Waals surface area contributed by atoms with E-state index in [9.17, 15) is 13.2 Å². The van der Waals surface area contributed by atoms with Crippen molar-refractivity contribution in [3.8, 4) is 0 Å². The van der Waals surface area contributed by atoms with Crippen molar-refractivity contribution in [1.29, 1.82) is 0 Å². The van der Waals surface area contributed by atoms with Crippen molar-refractivity contribution < 1.29 is 18.3 Å². The summed E-state index contributed by atoms with van der Waals surface area (Å²) in [4.78, 5) is 0. The molecule has 0 amide bonds. The molecule has 72 valence electrons. The molecule has 0 saturated carbocycles. The standard InChI is InChI=1S/C9H9F3O/c1-5(13)6-3-2-4-7(10)8(6)9(11)12/h2-5,9,13H,1H3. The van der Waals surface area contributed by atoms with Gasteiger partial charge in [0.1, 0.15) is 5.82 Å². The molecular formula is C9H9F3O. The molecule has 1 aromatic carbocycles. The molecule has 0 aliphatic rings. The Morgan fingerprint density at radius 1 is 1.31 bits per heavy atom. The zero-order valence-corrected chi connectivity index (χ0v) is 6.97. The molecule has 1 rings (SSSR count). The van der Waals surface area contributed by atoms with Gasteiger partial charge in [0.15, 0.2) is 0 Å². The highest BCUT2D eigenvalue weighted by Gasteiger charge is 2.19. The van der Waals surface area contributed by atoms with Crippen molar-refractivity contribution in [2.75, 3.05) is 0 Å². The normalized spacial score (nSPS) is 13.4. The van der Waals surface area contributed by atoms with Crippen LogP contribution < -0.4 is 0 Å². The third-order valence-electron chi connectivity index (χ3n) is 1.75. The quantitative estimate of drug-likeness (QED) is 0.760. The van der Waals surface area contributed by atoms with Crippen LogP contribution in [0.3, 0.4) is 0 Å². The third kappa shape index (κ3) is 2.01. The Kier molecular flexibility index (Phi) is 2.93. The van der Waals surface area contributed by atoms with Crippen LogP contribution in [0.2, 0.25) is 0 Å². The molecule has 1 nitrogen and oxygen atoms in total. The average Bonchev–Trinajstić information content (AvgIpc) is 2.02. The van der Waals surface area contributed by atoms with Gasteiger partial charge in [-0.05, 0) is 18.6 Å². The molecule has 0 fully saturated rings. The van der Waals surface area contributed by atoms with Gasteiger partial charge in [-0.25, -0.2) is 13.2 Å². The number of aliphatic hydroxyl groups excluding tert-OH is 1. The number of rotatable bonds is 2. The summed E-state index contributed by atoms with van der Waals surface area (Å²) in [5, 5.41) is 9.08. The van der Waals surface area contributed by atoms with E-state index in [1.54, 1.807) is 0 Å². The SMILES string of the molecule is CC(O)c1cccc(F)c1C(F)F. The lowest BCUT2D eigenvalue weighted by Gasteiger charge is -2.11. The fourth-order valence-electron chi connectivity index (χ4n) is 1.15. The summed E-state index contributed by atoms with van der Waals surface area (Å²) in [6, 6.07) is 3.53. The number of hydrogen-bond acceptors (Lipinski definition) is 1. The summed E-state index contributed by atoms with van der Waals surface area (Å²) in [5.41, 5.74) is -0.771. The minimum atomic E-state index is -2.90. The van der Waals surface area contributed by atoms with Gasteiger partial charge in [0.05, 0.1) is 11.7 Å². The zero-order chi connectivity index (χ0) is 10.0. The highest BCUT2D eigenvalue weighted by Crippen LogP contribution is 2.29. The van der Waals surface area contributed by atoms with Crippen molar-refractivity contribution in [2.24, 2.45) is 0 Å². The molecule has 0 aliphatic heterocycles. The predicted molar refractivity (Wildman–Crippen MR) is 42.0 cm³/mol. The Bertz CT molecular complexity index is 297. The van der Waals surface area contributed by atoms with E-state index in [1.165, 1.54) is 19.1 Å². The van der Waals surface area contributed by atoms with Crippen molar-refractivity contribution in [2.45, 2.75) is 19.5 Å². The second-order valence-electron chi connectivity index (χ2n) is 2.72. The Morgan fingerprint density at radius 2 is 1.92 bits per heavy atom. The second kappa shape index (κ2) is 3.79. The lowest BCUT2D eigenvalue weighted by atomic mass is 10.0. The van der Waals surface area contributed by atoms with Gasteiger partial charge in [0.2, 0.25) is 0 Å². The minimum Gasteiger partial charge on any atom is -0.389 e. The first-order valence-corrected chi connectivity index (χ1v) is 3.78. The summed E-state index contributed by atoms with van der Waals surface area (Å²) in [6.45, 7) is 1.32. The van der Waals surface area contributed by atoms with Gasteiger partial charge >= 0.3 is 0 Å². The van der Waals surface area contributed by atoms with Crippen LogP contribution in [0.4, 0.5) is 13.2 Å². The summed E-state index contributed by atoms with van der Waals surface area (Å²) in [7, 11) is 0. The molecular weight excluding hydrogens is 181 g/mol. The van der Waals surface area contributed by atoms with Gasteiger partial charge in [-0.3, -0.25) is 0 Å². The molecule has 0 radical (unpaired) electrons. The van der Waals surface area contributed by atoms with E-state index in [0.717, 1.165) is 6.07 Å². The average molecular weight is 190 g/mol. The topological polar surface area (TPSA) is 20.2 Å². The molecule has 1 N–H and O–H groups in total. The largest absolute Gasteiger partial charge is 0.389 e. The minimum absolute atomic E-state index is 0.0602. The third-order valence-corrected chi connectivity index (χ3v) is 1.75. The molecule has 1 aromatic rings. The van der Waals surface area contributed by atoms with Crippen LogP contribution in [0.5, 0.6) is 0 Å². The van der Waals surface area contributed by atoms with Gasteiger partial charge in [-0.2, -0.15) is 0 Å². The van der Waals surface area contributed by atoms with Crippen LogP contribution in [-0.2, 0) is 0 Å². The van der Waals surface area contributed by atoms with E-state index in [0.29, 0.717) is 0 Å². The Morgan fingerprint density at radius 3 is 2.31 bits per heavy atom. The van der Waals surface area contributed by atoms with Crippen LogP contribution in [0.1, 0.15) is 30.6 Å². The maximum Gasteiger partial charge on any atom is 0.267 e. The molecule has 13 heavy (non-hydrogen) atoms. The Hall–Kier alpha value is -1.03. The lowest BCUT2D eigenvalue weighted by Crippen LogP contribution is -2.01. The van der Waals surface area contributed by atoms with Crippen LogP contribution >= 0.6 is 0 Å². The van der Waals surface area contributed by atoms with Crippen LogP contribution in [0.15, 0.2) is 18.2 Å². The Balaban J connectivity index is 3.26. The highest BCUT2D eigenvalue weighted by molar-refractivity contribution is 5.31. The van der Waals surface area contributed by atoms with Crippen molar-refractivity contribution in [1.82, 2.24) is 0 Å². The number of aliphatic hydroxyl groups is 1. The van der Waals surface area contributed by atoms with Gasteiger partial charge in [-0.15, -0.1) is 0 Å². The highest BCUT2D eigenvalue weighted by atomic mass is 19.3. The maximum absolute atomic E-state index is 12.9. The second-order valence-corrected chi connectivity index (χ2v) is 2.72. The molecule has 0 spiro atoms. The summed E-state index contributed by atoms with van der Waals surface area (Å²) in [5.74, 6) is -0.978.